The van der Waals surface area contributed by atoms with Crippen molar-refractivity contribution < 1.29 is 31.1 Å². The quantitative estimate of drug-likeness (QED) is 0.381. The normalized spacial score (nSPS) is 12.9. The van der Waals surface area contributed by atoms with Crippen molar-refractivity contribution in [2.24, 2.45) is 0 Å². The summed E-state index contributed by atoms with van der Waals surface area (Å²) in [6.07, 6.45) is -8.86. The fourth-order valence-electron chi connectivity index (χ4n) is 0.803. The zero-order chi connectivity index (χ0) is 11.9. The summed E-state index contributed by atoms with van der Waals surface area (Å²) >= 11 is 0. The zero-order valence-corrected chi connectivity index (χ0v) is 6.78. The largest absolute Gasteiger partial charge is 0.618 e. The van der Waals surface area contributed by atoms with E-state index in [4.69, 9.17) is 0 Å². The summed E-state index contributed by atoms with van der Waals surface area (Å²) in [5.74, 6) is 0. The molecule has 0 saturated heterocycles. The molecule has 2 nitrogen and oxygen atoms in total. The van der Waals surface area contributed by atoms with E-state index < -0.39 is 28.2 Å². The molecule has 1 aromatic rings. The number of hydrogen-bond acceptors (Lipinski definition) is 1. The second kappa shape index (κ2) is 3.28. The molecule has 0 saturated carbocycles. The number of aromatic nitrogens is 1. The SMILES string of the molecule is [O-][n+]1[c]c(C(F)(F)F)cc(C(F)(F)F)c1. The highest BCUT2D eigenvalue weighted by Crippen LogP contribution is 2.33. The molecule has 83 valence electrons. The predicted octanol–water partition coefficient (Wildman–Crippen LogP) is 2.16. The third kappa shape index (κ3) is 2.74. The lowest BCUT2D eigenvalue weighted by Crippen LogP contribution is -2.30. The van der Waals surface area contributed by atoms with Gasteiger partial charge in [-0.3, -0.25) is 0 Å². The van der Waals surface area contributed by atoms with Crippen LogP contribution in [0.15, 0.2) is 12.3 Å². The first-order valence-corrected chi connectivity index (χ1v) is 3.41. The van der Waals surface area contributed by atoms with E-state index in [0.717, 1.165) is 0 Å². The molecule has 0 unspecified atom stereocenters. The van der Waals surface area contributed by atoms with E-state index in [1.807, 2.05) is 0 Å². The van der Waals surface area contributed by atoms with Gasteiger partial charge >= 0.3 is 18.5 Å². The topological polar surface area (TPSA) is 26.9 Å². The summed E-state index contributed by atoms with van der Waals surface area (Å²) in [6.45, 7) is 0. The lowest BCUT2D eigenvalue weighted by molar-refractivity contribution is -0.612. The van der Waals surface area contributed by atoms with Crippen LogP contribution in [0.2, 0.25) is 0 Å². The minimum Gasteiger partial charge on any atom is -0.618 e. The molecule has 0 fully saturated rings. The maximum Gasteiger partial charge on any atom is 0.423 e. The van der Waals surface area contributed by atoms with Gasteiger partial charge in [-0.25, -0.2) is 0 Å². The molecule has 0 aliphatic rings. The summed E-state index contributed by atoms with van der Waals surface area (Å²) in [5, 5.41) is 10.5. The van der Waals surface area contributed by atoms with Crippen LogP contribution in [0.4, 0.5) is 26.3 Å². The van der Waals surface area contributed by atoms with Gasteiger partial charge in [0.25, 0.3) is 0 Å². The highest BCUT2D eigenvalue weighted by Gasteiger charge is 2.39. The Morgan fingerprint density at radius 1 is 1.07 bits per heavy atom. The monoisotopic (exact) mass is 230 g/mol. The summed E-state index contributed by atoms with van der Waals surface area (Å²) in [4.78, 5) is 0. The Morgan fingerprint density at radius 3 is 2.00 bits per heavy atom. The Balaban J connectivity index is 3.30. The van der Waals surface area contributed by atoms with E-state index in [1.165, 1.54) is 6.20 Å². The Kier molecular flexibility index (Phi) is 2.54. The minimum atomic E-state index is -5.03. The van der Waals surface area contributed by atoms with Crippen LogP contribution in [-0.2, 0) is 12.4 Å². The van der Waals surface area contributed by atoms with Crippen molar-refractivity contribution in [1.29, 1.82) is 0 Å². The highest BCUT2D eigenvalue weighted by atomic mass is 19.4. The second-order valence-electron chi connectivity index (χ2n) is 2.58. The number of hydrogen-bond donors (Lipinski definition) is 0. The average molecular weight is 230 g/mol. The van der Waals surface area contributed by atoms with Crippen LogP contribution in [0.3, 0.4) is 0 Å². The van der Waals surface area contributed by atoms with Crippen molar-refractivity contribution in [3.8, 4) is 0 Å². The van der Waals surface area contributed by atoms with Gasteiger partial charge in [0.2, 0.25) is 0 Å². The second-order valence-corrected chi connectivity index (χ2v) is 2.58. The van der Waals surface area contributed by atoms with Crippen molar-refractivity contribution in [2.75, 3.05) is 0 Å². The number of pyridine rings is 1. The van der Waals surface area contributed by atoms with Crippen LogP contribution < -0.4 is 4.73 Å². The first kappa shape index (κ1) is 11.6. The summed E-state index contributed by atoms with van der Waals surface area (Å²) in [5.41, 5.74) is -3.42. The Labute approximate surface area is 79.3 Å². The summed E-state index contributed by atoms with van der Waals surface area (Å²) in [6, 6.07) is -0.172. The van der Waals surface area contributed by atoms with E-state index >= 15 is 0 Å². The maximum atomic E-state index is 12.0. The van der Waals surface area contributed by atoms with Gasteiger partial charge < -0.3 is 5.21 Å². The van der Waals surface area contributed by atoms with Crippen LogP contribution in [0.1, 0.15) is 11.1 Å². The smallest absolute Gasteiger partial charge is 0.423 e. The molecular weight excluding hydrogens is 228 g/mol. The Morgan fingerprint density at radius 2 is 1.60 bits per heavy atom. The van der Waals surface area contributed by atoms with Crippen molar-refractivity contribution in [3.63, 3.8) is 0 Å². The van der Waals surface area contributed by atoms with E-state index in [0.29, 0.717) is 0 Å². The molecule has 1 heterocycles. The zero-order valence-electron chi connectivity index (χ0n) is 6.78. The van der Waals surface area contributed by atoms with Gasteiger partial charge in [-0.15, -0.1) is 0 Å². The minimum absolute atomic E-state index is 0.0186. The van der Waals surface area contributed by atoms with Crippen LogP contribution in [0.5, 0.6) is 0 Å². The molecule has 0 bridgehead atoms. The van der Waals surface area contributed by atoms with Crippen LogP contribution in [0, 0.1) is 11.4 Å². The van der Waals surface area contributed by atoms with E-state index in [1.54, 1.807) is 0 Å². The standard InChI is InChI=1S/C7H2F6NO/c8-6(9,10)4-1-5(7(11,12)13)3-14(15)2-4/h1-2H. The number of rotatable bonds is 0. The van der Waals surface area contributed by atoms with Crippen molar-refractivity contribution in [1.82, 2.24) is 0 Å². The number of nitrogens with zero attached hydrogens (tertiary/aromatic N) is 1. The van der Waals surface area contributed by atoms with Crippen LogP contribution in [-0.4, -0.2) is 0 Å². The molecule has 1 rings (SSSR count). The molecule has 1 radical (unpaired) electrons. The van der Waals surface area contributed by atoms with E-state index in [2.05, 4.69) is 0 Å². The summed E-state index contributed by atoms with van der Waals surface area (Å²) in [7, 11) is 0. The first-order chi connectivity index (χ1) is 6.60. The van der Waals surface area contributed by atoms with Crippen molar-refractivity contribution in [3.05, 3.63) is 34.8 Å². The van der Waals surface area contributed by atoms with E-state index in [-0.39, 0.29) is 12.3 Å². The van der Waals surface area contributed by atoms with Gasteiger partial charge in [0, 0.05) is 0 Å². The molecule has 0 amide bonds. The van der Waals surface area contributed by atoms with Gasteiger partial charge in [0.15, 0.2) is 6.20 Å². The fourth-order valence-corrected chi connectivity index (χ4v) is 0.803. The molecule has 0 spiro atoms. The molecule has 0 aliphatic heterocycles. The maximum absolute atomic E-state index is 12.0. The van der Waals surface area contributed by atoms with E-state index in [9.17, 15) is 31.5 Å². The van der Waals surface area contributed by atoms with Gasteiger partial charge in [-0.05, 0) is 6.07 Å². The lowest BCUT2D eigenvalue weighted by atomic mass is 10.2. The first-order valence-electron chi connectivity index (χ1n) is 3.41. The molecule has 0 atom stereocenters. The fraction of sp³-hybridized carbons (Fsp3) is 0.286. The van der Waals surface area contributed by atoms with Gasteiger partial charge in [-0.1, -0.05) is 0 Å². The number of halogens is 6. The molecule has 8 heteroatoms. The van der Waals surface area contributed by atoms with Gasteiger partial charge in [0.1, 0.15) is 11.1 Å². The molecule has 0 aromatic carbocycles. The Bertz CT molecular complexity index is 336. The molecular formula is C7H2F6NO. The van der Waals surface area contributed by atoms with Gasteiger partial charge in [0.05, 0.1) is 0 Å². The lowest BCUT2D eigenvalue weighted by Gasteiger charge is -2.09. The Hall–Kier alpha value is -1.47. The highest BCUT2D eigenvalue weighted by molar-refractivity contribution is 5.19. The third-order valence-corrected chi connectivity index (χ3v) is 1.42. The molecule has 0 aliphatic carbocycles. The van der Waals surface area contributed by atoms with Crippen molar-refractivity contribution in [2.45, 2.75) is 12.4 Å². The molecule has 15 heavy (non-hydrogen) atoms. The van der Waals surface area contributed by atoms with Crippen LogP contribution in [0.25, 0.3) is 0 Å². The molecule has 0 N–H and O–H groups in total. The van der Waals surface area contributed by atoms with Gasteiger partial charge in [-0.2, -0.15) is 31.1 Å². The molecule has 1 aromatic heterocycles. The van der Waals surface area contributed by atoms with Crippen LogP contribution >= 0.6 is 0 Å². The summed E-state index contributed by atoms with van der Waals surface area (Å²) < 4.78 is 71.3. The predicted molar refractivity (Wildman–Crippen MR) is 34.2 cm³/mol. The average Bonchev–Trinajstić information content (AvgIpc) is 1.99. The third-order valence-electron chi connectivity index (χ3n) is 1.42. The number of alkyl halides is 6. The van der Waals surface area contributed by atoms with Crippen molar-refractivity contribution >= 4 is 0 Å².